The monoisotopic (exact) mass is 333 g/mol. The Morgan fingerprint density at radius 1 is 1.39 bits per heavy atom. The van der Waals surface area contributed by atoms with E-state index in [2.05, 4.69) is 20.6 Å². The number of nitrogens with one attached hydrogen (secondary N) is 3. The summed E-state index contributed by atoms with van der Waals surface area (Å²) in [6, 6.07) is 5.49. The van der Waals surface area contributed by atoms with Crippen LogP contribution in [0.15, 0.2) is 18.2 Å². The first-order chi connectivity index (χ1) is 11.1. The summed E-state index contributed by atoms with van der Waals surface area (Å²) in [7, 11) is 1.83. The number of H-pyrrole nitrogens is 1. The molecule has 122 valence electrons. The van der Waals surface area contributed by atoms with Crippen LogP contribution in [0, 0.1) is 0 Å². The summed E-state index contributed by atoms with van der Waals surface area (Å²) < 4.78 is 0. The topological polar surface area (TPSA) is 95.8 Å². The quantitative estimate of drug-likeness (QED) is 0.644. The predicted molar refractivity (Wildman–Crippen MR) is 92.6 cm³/mol. The van der Waals surface area contributed by atoms with Gasteiger partial charge in [-0.15, -0.1) is 0 Å². The van der Waals surface area contributed by atoms with Gasteiger partial charge in [-0.05, 0) is 31.0 Å². The molecular formula is C16H20ClN5O. The van der Waals surface area contributed by atoms with Crippen molar-refractivity contribution in [2.24, 2.45) is 5.73 Å². The average Bonchev–Trinajstić information content (AvgIpc) is 2.92. The number of hydrogen-bond donors (Lipinski definition) is 4. The minimum atomic E-state index is -0.205. The number of halogens is 1. The van der Waals surface area contributed by atoms with E-state index in [9.17, 15) is 4.79 Å². The summed E-state index contributed by atoms with van der Waals surface area (Å²) in [6.45, 7) is 0. The highest BCUT2D eigenvalue weighted by Gasteiger charge is 2.20. The molecule has 1 atom stereocenters. The fraction of sp³-hybridized carbons (Fsp3) is 0.375. The summed E-state index contributed by atoms with van der Waals surface area (Å²) >= 11 is 6.32. The van der Waals surface area contributed by atoms with Crippen molar-refractivity contribution in [3.8, 4) is 11.3 Å². The van der Waals surface area contributed by atoms with Gasteiger partial charge in [-0.2, -0.15) is 0 Å². The van der Waals surface area contributed by atoms with E-state index in [1.165, 1.54) is 0 Å². The summed E-state index contributed by atoms with van der Waals surface area (Å²) in [5, 5.41) is 6.47. The van der Waals surface area contributed by atoms with E-state index in [1.807, 2.05) is 25.2 Å². The van der Waals surface area contributed by atoms with Gasteiger partial charge in [0.1, 0.15) is 16.7 Å². The normalized spacial score (nSPS) is 18.4. The SMILES string of the molecule is CNc1ccc2c(c1)NC(=O)CCCCC(N)c1nc-2c(Cl)[nH]1. The first kappa shape index (κ1) is 15.8. The number of nitrogens with zero attached hydrogens (tertiary/aromatic N) is 1. The van der Waals surface area contributed by atoms with Gasteiger partial charge in [-0.1, -0.05) is 18.0 Å². The first-order valence-corrected chi connectivity index (χ1v) is 8.09. The molecule has 3 rings (SSSR count). The second-order valence-electron chi connectivity index (χ2n) is 5.70. The van der Waals surface area contributed by atoms with Crippen LogP contribution in [-0.4, -0.2) is 22.9 Å². The molecule has 5 N–H and O–H groups in total. The number of aromatic nitrogens is 2. The van der Waals surface area contributed by atoms with Gasteiger partial charge in [0.2, 0.25) is 5.91 Å². The summed E-state index contributed by atoms with van der Waals surface area (Å²) in [4.78, 5) is 19.8. The van der Waals surface area contributed by atoms with E-state index >= 15 is 0 Å². The molecule has 2 aromatic rings. The molecule has 1 aromatic carbocycles. The molecule has 7 heteroatoms. The van der Waals surface area contributed by atoms with E-state index in [-0.39, 0.29) is 11.9 Å². The zero-order valence-electron chi connectivity index (χ0n) is 12.9. The van der Waals surface area contributed by atoms with Crippen LogP contribution in [0.3, 0.4) is 0 Å². The first-order valence-electron chi connectivity index (χ1n) is 7.71. The minimum Gasteiger partial charge on any atom is -0.388 e. The molecule has 1 aliphatic heterocycles. The zero-order valence-corrected chi connectivity index (χ0v) is 13.7. The highest BCUT2D eigenvalue weighted by Crippen LogP contribution is 2.35. The molecule has 0 saturated carbocycles. The Labute approximate surface area is 139 Å². The number of aromatic amines is 1. The van der Waals surface area contributed by atoms with E-state index in [4.69, 9.17) is 17.3 Å². The number of anilines is 2. The lowest BCUT2D eigenvalue weighted by molar-refractivity contribution is -0.116. The highest BCUT2D eigenvalue weighted by atomic mass is 35.5. The van der Waals surface area contributed by atoms with E-state index in [0.29, 0.717) is 28.8 Å². The summed E-state index contributed by atoms with van der Waals surface area (Å²) in [6.07, 6.45) is 2.90. The Balaban J connectivity index is 2.12. The summed E-state index contributed by atoms with van der Waals surface area (Å²) in [5.41, 5.74) is 9.15. The molecule has 23 heavy (non-hydrogen) atoms. The van der Waals surface area contributed by atoms with Crippen LogP contribution in [0.2, 0.25) is 5.15 Å². The van der Waals surface area contributed by atoms with Crippen LogP contribution in [0.25, 0.3) is 11.3 Å². The van der Waals surface area contributed by atoms with Crippen molar-refractivity contribution >= 4 is 28.9 Å². The Morgan fingerprint density at radius 3 is 3.00 bits per heavy atom. The number of imidazole rings is 1. The van der Waals surface area contributed by atoms with Crippen molar-refractivity contribution in [2.45, 2.75) is 31.7 Å². The zero-order chi connectivity index (χ0) is 16.4. The third-order valence-electron chi connectivity index (χ3n) is 4.04. The van der Waals surface area contributed by atoms with Crippen molar-refractivity contribution in [1.29, 1.82) is 0 Å². The Hall–Kier alpha value is -2.05. The van der Waals surface area contributed by atoms with Gasteiger partial charge in [-0.3, -0.25) is 4.79 Å². The lowest BCUT2D eigenvalue weighted by Crippen LogP contribution is -2.15. The fourth-order valence-electron chi connectivity index (χ4n) is 2.73. The molecule has 0 radical (unpaired) electrons. The van der Waals surface area contributed by atoms with Gasteiger partial charge < -0.3 is 21.4 Å². The molecule has 1 aromatic heterocycles. The molecule has 0 aliphatic carbocycles. The van der Waals surface area contributed by atoms with Crippen molar-refractivity contribution in [3.05, 3.63) is 29.2 Å². The number of hydrogen-bond acceptors (Lipinski definition) is 4. The van der Waals surface area contributed by atoms with Crippen LogP contribution < -0.4 is 16.4 Å². The van der Waals surface area contributed by atoms with E-state index in [1.54, 1.807) is 0 Å². The largest absolute Gasteiger partial charge is 0.388 e. The van der Waals surface area contributed by atoms with Crippen molar-refractivity contribution in [3.63, 3.8) is 0 Å². The molecule has 0 fully saturated rings. The molecule has 1 amide bonds. The molecule has 2 bridgehead atoms. The third-order valence-corrected chi connectivity index (χ3v) is 4.31. The molecule has 0 spiro atoms. The standard InChI is InChI=1S/C16H20ClN5O/c1-19-9-6-7-10-12(8-9)20-13(23)5-3-2-4-11(18)16-21-14(10)15(17)22-16/h6-8,11,19H,2-5,18H2,1H3,(H,20,23)(H,21,22). The molecule has 2 heterocycles. The second-order valence-corrected chi connectivity index (χ2v) is 6.07. The number of fused-ring (bicyclic) bond motifs is 4. The van der Waals surface area contributed by atoms with Crippen LogP contribution in [-0.2, 0) is 4.79 Å². The fourth-order valence-corrected chi connectivity index (χ4v) is 2.97. The van der Waals surface area contributed by atoms with Crippen molar-refractivity contribution in [2.75, 3.05) is 17.7 Å². The molecular weight excluding hydrogens is 314 g/mol. The lowest BCUT2D eigenvalue weighted by atomic mass is 10.1. The number of carbonyl (C=O) groups is 1. The van der Waals surface area contributed by atoms with Crippen LogP contribution in [0.1, 0.15) is 37.5 Å². The molecule has 6 nitrogen and oxygen atoms in total. The maximum Gasteiger partial charge on any atom is 0.224 e. The molecule has 1 aliphatic rings. The number of carbonyl (C=O) groups excluding carboxylic acids is 1. The van der Waals surface area contributed by atoms with Crippen LogP contribution in [0.5, 0.6) is 0 Å². The average molecular weight is 334 g/mol. The second kappa shape index (κ2) is 6.60. The smallest absolute Gasteiger partial charge is 0.224 e. The predicted octanol–water partition coefficient (Wildman–Crippen LogP) is 3.28. The maximum absolute atomic E-state index is 12.2. The molecule has 1 unspecified atom stereocenters. The Bertz CT molecular complexity index is 727. The maximum atomic E-state index is 12.2. The van der Waals surface area contributed by atoms with Crippen molar-refractivity contribution < 1.29 is 4.79 Å². The Morgan fingerprint density at radius 2 is 2.22 bits per heavy atom. The highest BCUT2D eigenvalue weighted by molar-refractivity contribution is 6.32. The summed E-state index contributed by atoms with van der Waals surface area (Å²) in [5.74, 6) is 0.668. The van der Waals surface area contributed by atoms with Gasteiger partial charge in [-0.25, -0.2) is 4.98 Å². The number of rotatable bonds is 1. The van der Waals surface area contributed by atoms with Gasteiger partial charge in [0.05, 0.1) is 11.7 Å². The van der Waals surface area contributed by atoms with Crippen LogP contribution >= 0.6 is 11.6 Å². The lowest BCUT2D eigenvalue weighted by Gasteiger charge is -2.14. The Kier molecular flexibility index (Phi) is 4.54. The van der Waals surface area contributed by atoms with Gasteiger partial charge in [0.25, 0.3) is 0 Å². The van der Waals surface area contributed by atoms with Gasteiger partial charge in [0.15, 0.2) is 0 Å². The van der Waals surface area contributed by atoms with Crippen LogP contribution in [0.4, 0.5) is 11.4 Å². The molecule has 0 saturated heterocycles. The number of nitrogens with two attached hydrogens (primary N) is 1. The van der Waals surface area contributed by atoms with Gasteiger partial charge in [0, 0.05) is 24.7 Å². The van der Waals surface area contributed by atoms with E-state index < -0.39 is 0 Å². The number of benzene rings is 1. The number of amides is 1. The van der Waals surface area contributed by atoms with E-state index in [0.717, 1.165) is 30.5 Å². The third kappa shape index (κ3) is 3.33. The van der Waals surface area contributed by atoms with Gasteiger partial charge >= 0.3 is 0 Å². The van der Waals surface area contributed by atoms with Crippen molar-refractivity contribution in [1.82, 2.24) is 9.97 Å². The minimum absolute atomic E-state index is 0.0134.